The van der Waals surface area contributed by atoms with Crippen molar-refractivity contribution < 1.29 is 32.6 Å². The van der Waals surface area contributed by atoms with Crippen LogP contribution in [0, 0.1) is 0 Å². The summed E-state index contributed by atoms with van der Waals surface area (Å²) in [5, 5.41) is -0.115. The molecule has 11 nitrogen and oxygen atoms in total. The maximum Gasteiger partial charge on any atom is 0.524 e. The van der Waals surface area contributed by atoms with Gasteiger partial charge in [0.05, 0.1) is 5.88 Å². The Kier molecular flexibility index (Phi) is 6.65. The molecule has 1 aromatic carbocycles. The van der Waals surface area contributed by atoms with Crippen LogP contribution in [0.15, 0.2) is 33.9 Å². The molecule has 0 aliphatic heterocycles. The minimum atomic E-state index is -4.69. The van der Waals surface area contributed by atoms with Gasteiger partial charge in [-0.05, 0) is 24.3 Å². The average molecular weight is 475 g/mol. The molecule has 30 heavy (non-hydrogen) atoms. The largest absolute Gasteiger partial charge is 0.608 e. The van der Waals surface area contributed by atoms with Gasteiger partial charge in [-0.1, -0.05) is 0 Å². The van der Waals surface area contributed by atoms with Gasteiger partial charge < -0.3 is 18.4 Å². The van der Waals surface area contributed by atoms with Gasteiger partial charge >= 0.3 is 13.0 Å². The first kappa shape index (κ1) is 22.5. The van der Waals surface area contributed by atoms with E-state index >= 15 is 0 Å². The number of amides is 1. The molecule has 1 amide bonds. The van der Waals surface area contributed by atoms with Crippen LogP contribution in [0.25, 0.3) is 22.6 Å². The highest BCUT2D eigenvalue weighted by molar-refractivity contribution is 7.91. The van der Waals surface area contributed by atoms with Crippen molar-refractivity contribution in [2.45, 2.75) is 5.22 Å². The molecule has 0 radical (unpaired) electrons. The van der Waals surface area contributed by atoms with Gasteiger partial charge in [-0.2, -0.15) is 9.97 Å². The van der Waals surface area contributed by atoms with Crippen LogP contribution in [0.4, 0.5) is 0 Å². The lowest BCUT2D eigenvalue weighted by molar-refractivity contribution is 0.0823. The standard InChI is InChI=1S/C16H16ClN4O7PS/c1-21(2)15(22)12-11-14(27-16(19-11)30(26)8-7-17)20-13(18-12)9-3-5-10(6-4-9)28-29(23,24)25/h3-6H,7-8H2,1-2H3,(H2,23,24,25). The molecular formula is C16H16ClN4O7PS. The molecule has 0 bridgehead atoms. The third-order valence-corrected chi connectivity index (χ3v) is 5.64. The van der Waals surface area contributed by atoms with Crippen molar-refractivity contribution in [2.24, 2.45) is 0 Å². The Bertz CT molecular complexity index is 1120. The van der Waals surface area contributed by atoms with Crippen LogP contribution in [0.5, 0.6) is 5.75 Å². The van der Waals surface area contributed by atoms with Crippen molar-refractivity contribution in [1.82, 2.24) is 19.9 Å². The monoisotopic (exact) mass is 474 g/mol. The number of phosphoric acid groups is 1. The Hall–Kier alpha value is -2.21. The number of carbonyl (C=O) groups excluding carboxylic acids is 1. The topological polar surface area (TPSA) is 162 Å². The highest BCUT2D eigenvalue weighted by Gasteiger charge is 2.26. The van der Waals surface area contributed by atoms with Crippen LogP contribution in [0.2, 0.25) is 0 Å². The molecule has 160 valence electrons. The number of nitrogens with zero attached hydrogens (tertiary/aromatic N) is 4. The molecule has 0 aliphatic rings. The van der Waals surface area contributed by atoms with E-state index in [4.69, 9.17) is 25.8 Å². The Morgan fingerprint density at radius 3 is 2.50 bits per heavy atom. The van der Waals surface area contributed by atoms with E-state index in [1.54, 1.807) is 0 Å². The summed E-state index contributed by atoms with van der Waals surface area (Å²) in [6.07, 6.45) is 0. The summed E-state index contributed by atoms with van der Waals surface area (Å²) in [5.74, 6) is -0.174. The lowest BCUT2D eigenvalue weighted by Gasteiger charge is -2.10. The minimum Gasteiger partial charge on any atom is -0.608 e. The molecule has 0 aliphatic carbocycles. The smallest absolute Gasteiger partial charge is 0.524 e. The molecule has 0 saturated carbocycles. The second-order valence-corrected chi connectivity index (χ2v) is 9.06. The number of fused-ring (bicyclic) bond motifs is 1. The fraction of sp³-hybridized carbons (Fsp3) is 0.250. The van der Waals surface area contributed by atoms with E-state index in [1.807, 2.05) is 0 Å². The number of benzene rings is 1. The summed E-state index contributed by atoms with van der Waals surface area (Å²) in [6, 6.07) is 5.55. The third kappa shape index (κ3) is 5.09. The molecule has 0 spiro atoms. The molecule has 3 rings (SSSR count). The number of rotatable bonds is 7. The Labute approximate surface area is 178 Å². The zero-order chi connectivity index (χ0) is 22.1. The molecule has 1 atom stereocenters. The van der Waals surface area contributed by atoms with Gasteiger partial charge in [-0.15, -0.1) is 11.6 Å². The van der Waals surface area contributed by atoms with Gasteiger partial charge in [-0.3, -0.25) is 14.6 Å². The predicted octanol–water partition coefficient (Wildman–Crippen LogP) is 1.80. The summed E-state index contributed by atoms with van der Waals surface area (Å²) < 4.78 is 33.1. The summed E-state index contributed by atoms with van der Waals surface area (Å²) >= 11 is 4.01. The highest BCUT2D eigenvalue weighted by atomic mass is 35.5. The van der Waals surface area contributed by atoms with E-state index < -0.39 is 24.9 Å². The summed E-state index contributed by atoms with van der Waals surface area (Å²) in [5.41, 5.74) is 0.409. The molecule has 0 saturated heterocycles. The maximum absolute atomic E-state index is 12.6. The van der Waals surface area contributed by atoms with E-state index in [0.29, 0.717) is 5.56 Å². The molecule has 2 aromatic heterocycles. The maximum atomic E-state index is 12.6. The average Bonchev–Trinajstić information content (AvgIpc) is 3.10. The number of alkyl halides is 1. The van der Waals surface area contributed by atoms with E-state index in [1.165, 1.54) is 43.3 Å². The number of hydrogen-bond acceptors (Lipinski definition) is 8. The zero-order valence-electron chi connectivity index (χ0n) is 15.7. The van der Waals surface area contributed by atoms with Crippen molar-refractivity contribution in [2.75, 3.05) is 25.7 Å². The summed E-state index contributed by atoms with van der Waals surface area (Å²) in [4.78, 5) is 44.3. The van der Waals surface area contributed by atoms with Gasteiger partial charge in [0.1, 0.15) is 11.5 Å². The van der Waals surface area contributed by atoms with Gasteiger partial charge in [0, 0.05) is 30.8 Å². The molecule has 3 aromatic rings. The first-order valence-corrected chi connectivity index (χ1v) is 11.7. The van der Waals surface area contributed by atoms with Crippen LogP contribution in [0.1, 0.15) is 10.5 Å². The van der Waals surface area contributed by atoms with E-state index in [-0.39, 0.29) is 45.4 Å². The van der Waals surface area contributed by atoms with Crippen LogP contribution < -0.4 is 4.52 Å². The molecule has 2 N–H and O–H groups in total. The zero-order valence-corrected chi connectivity index (χ0v) is 18.1. The molecular weight excluding hydrogens is 459 g/mol. The van der Waals surface area contributed by atoms with E-state index in [9.17, 15) is 13.9 Å². The van der Waals surface area contributed by atoms with Crippen molar-refractivity contribution in [1.29, 1.82) is 0 Å². The van der Waals surface area contributed by atoms with Crippen LogP contribution in [-0.4, -0.2) is 65.8 Å². The molecule has 2 heterocycles. The van der Waals surface area contributed by atoms with Gasteiger partial charge in [0.2, 0.25) is 0 Å². The minimum absolute atomic E-state index is 0.0290. The normalized spacial score (nSPS) is 12.7. The predicted molar refractivity (Wildman–Crippen MR) is 108 cm³/mol. The lowest BCUT2D eigenvalue weighted by Crippen LogP contribution is -2.23. The van der Waals surface area contributed by atoms with Gasteiger partial charge in [0.25, 0.3) is 11.6 Å². The molecule has 1 unspecified atom stereocenters. The Morgan fingerprint density at radius 1 is 1.27 bits per heavy atom. The Balaban J connectivity index is 2.08. The van der Waals surface area contributed by atoms with Crippen molar-refractivity contribution in [3.8, 4) is 17.1 Å². The SMILES string of the molecule is CN(C)C(=O)c1nc(-c2ccc(OP(=O)(O)O)cc2)nc2oc([S+]([O-])CCCl)nc12. The first-order valence-electron chi connectivity index (χ1n) is 8.29. The number of oxazole rings is 1. The van der Waals surface area contributed by atoms with Crippen molar-refractivity contribution >= 4 is 47.7 Å². The number of aromatic nitrogens is 3. The summed E-state index contributed by atoms with van der Waals surface area (Å²) in [6.45, 7) is 0. The van der Waals surface area contributed by atoms with E-state index in [0.717, 1.165) is 0 Å². The summed E-state index contributed by atoms with van der Waals surface area (Å²) in [7, 11) is -1.62. The third-order valence-electron chi connectivity index (χ3n) is 3.64. The number of hydrogen-bond donors (Lipinski definition) is 2. The number of carbonyl (C=O) groups is 1. The van der Waals surface area contributed by atoms with Crippen molar-refractivity contribution in [3.63, 3.8) is 0 Å². The van der Waals surface area contributed by atoms with Crippen molar-refractivity contribution in [3.05, 3.63) is 30.0 Å². The second-order valence-electron chi connectivity index (χ2n) is 6.07. The fourth-order valence-electron chi connectivity index (χ4n) is 2.35. The number of halogens is 1. The first-order chi connectivity index (χ1) is 14.1. The van der Waals surface area contributed by atoms with Gasteiger partial charge in [0.15, 0.2) is 17.0 Å². The quantitative estimate of drug-likeness (QED) is 0.293. The highest BCUT2D eigenvalue weighted by Crippen LogP contribution is 2.38. The van der Waals surface area contributed by atoms with Crippen LogP contribution >= 0.6 is 19.4 Å². The molecule has 14 heteroatoms. The lowest BCUT2D eigenvalue weighted by atomic mass is 10.2. The second kappa shape index (κ2) is 8.88. The molecule has 0 fully saturated rings. The Morgan fingerprint density at radius 2 is 1.93 bits per heavy atom. The number of phosphoric ester groups is 1. The van der Waals surface area contributed by atoms with Crippen LogP contribution in [0.3, 0.4) is 0 Å². The fourth-order valence-corrected chi connectivity index (χ4v) is 3.85. The van der Waals surface area contributed by atoms with Gasteiger partial charge in [-0.25, -0.2) is 9.55 Å². The van der Waals surface area contributed by atoms with Crippen LogP contribution in [-0.2, 0) is 15.7 Å². The van der Waals surface area contributed by atoms with E-state index in [2.05, 4.69) is 19.5 Å².